The van der Waals surface area contributed by atoms with Crippen LogP contribution >= 0.6 is 23.1 Å². The first-order valence-electron chi connectivity index (χ1n) is 7.46. The zero-order valence-corrected chi connectivity index (χ0v) is 15.2. The molecule has 0 radical (unpaired) electrons. The fourth-order valence-electron chi connectivity index (χ4n) is 1.81. The SMILES string of the molecule is C=CCSc1nnc(NC(=O)c2ccc(OCC)c(OCC)c2)s1. The summed E-state index contributed by atoms with van der Waals surface area (Å²) in [5.41, 5.74) is 0.470. The normalized spacial score (nSPS) is 10.2. The predicted molar refractivity (Wildman–Crippen MR) is 97.6 cm³/mol. The molecule has 0 saturated carbocycles. The van der Waals surface area contributed by atoms with Crippen LogP contribution in [0, 0.1) is 0 Å². The van der Waals surface area contributed by atoms with Crippen molar-refractivity contribution in [3.05, 3.63) is 36.4 Å². The lowest BCUT2D eigenvalue weighted by atomic mass is 10.2. The number of nitrogens with one attached hydrogen (secondary N) is 1. The first-order chi connectivity index (χ1) is 11.7. The van der Waals surface area contributed by atoms with Gasteiger partial charge in [0.15, 0.2) is 15.8 Å². The van der Waals surface area contributed by atoms with Gasteiger partial charge >= 0.3 is 0 Å². The number of ether oxygens (including phenoxy) is 2. The van der Waals surface area contributed by atoms with Crippen molar-refractivity contribution in [1.29, 1.82) is 0 Å². The summed E-state index contributed by atoms with van der Waals surface area (Å²) in [6, 6.07) is 5.09. The first kappa shape index (κ1) is 18.3. The van der Waals surface area contributed by atoms with Gasteiger partial charge in [-0.1, -0.05) is 29.2 Å². The number of anilines is 1. The van der Waals surface area contributed by atoms with Crippen molar-refractivity contribution in [3.63, 3.8) is 0 Å². The second-order valence-corrected chi connectivity index (χ2v) is 6.70. The number of benzene rings is 1. The molecular weight excluding hydrogens is 346 g/mol. The number of hydrogen-bond donors (Lipinski definition) is 1. The predicted octanol–water partition coefficient (Wildman–Crippen LogP) is 3.87. The fourth-order valence-corrected chi connectivity index (χ4v) is 3.32. The van der Waals surface area contributed by atoms with E-state index in [-0.39, 0.29) is 5.91 Å². The molecule has 24 heavy (non-hydrogen) atoms. The highest BCUT2D eigenvalue weighted by atomic mass is 32.2. The Kier molecular flexibility index (Phi) is 7.07. The number of rotatable bonds is 9. The van der Waals surface area contributed by atoms with Crippen LogP contribution < -0.4 is 14.8 Å². The number of hydrogen-bond acceptors (Lipinski definition) is 7. The molecule has 0 atom stereocenters. The van der Waals surface area contributed by atoms with Crippen LogP contribution in [0.2, 0.25) is 0 Å². The Bertz CT molecular complexity index is 704. The highest BCUT2D eigenvalue weighted by molar-refractivity contribution is 8.01. The zero-order chi connectivity index (χ0) is 17.4. The van der Waals surface area contributed by atoms with Gasteiger partial charge in [-0.05, 0) is 32.0 Å². The summed E-state index contributed by atoms with van der Waals surface area (Å²) < 4.78 is 11.8. The van der Waals surface area contributed by atoms with Crippen molar-refractivity contribution in [2.45, 2.75) is 18.2 Å². The van der Waals surface area contributed by atoms with Crippen molar-refractivity contribution in [2.75, 3.05) is 24.3 Å². The molecule has 0 aliphatic heterocycles. The Labute approximate surface area is 149 Å². The molecule has 1 N–H and O–H groups in total. The first-order valence-corrected chi connectivity index (χ1v) is 9.26. The van der Waals surface area contributed by atoms with Crippen LogP contribution in [0.15, 0.2) is 35.2 Å². The van der Waals surface area contributed by atoms with Gasteiger partial charge in [0.25, 0.3) is 5.91 Å². The number of carbonyl (C=O) groups excluding carboxylic acids is 1. The summed E-state index contributed by atoms with van der Waals surface area (Å²) in [6.07, 6.45) is 1.79. The molecule has 1 amide bonds. The molecule has 0 unspecified atom stereocenters. The minimum absolute atomic E-state index is 0.268. The maximum atomic E-state index is 12.4. The van der Waals surface area contributed by atoms with Gasteiger partial charge in [-0.25, -0.2) is 0 Å². The van der Waals surface area contributed by atoms with Crippen LogP contribution in [-0.2, 0) is 0 Å². The van der Waals surface area contributed by atoms with Gasteiger partial charge in [0.2, 0.25) is 5.13 Å². The second kappa shape index (κ2) is 9.29. The van der Waals surface area contributed by atoms with E-state index in [0.29, 0.717) is 35.4 Å². The van der Waals surface area contributed by atoms with Gasteiger partial charge in [-0.2, -0.15) is 0 Å². The molecule has 0 saturated heterocycles. The fraction of sp³-hybridized carbons (Fsp3) is 0.312. The minimum Gasteiger partial charge on any atom is -0.490 e. The van der Waals surface area contributed by atoms with Crippen molar-refractivity contribution >= 4 is 34.1 Å². The van der Waals surface area contributed by atoms with Crippen LogP contribution in [0.1, 0.15) is 24.2 Å². The number of amides is 1. The van der Waals surface area contributed by atoms with E-state index in [9.17, 15) is 4.79 Å². The van der Waals surface area contributed by atoms with Gasteiger partial charge in [0.05, 0.1) is 13.2 Å². The average Bonchev–Trinajstić information content (AvgIpc) is 3.02. The third-order valence-corrected chi connectivity index (χ3v) is 4.73. The van der Waals surface area contributed by atoms with E-state index in [1.807, 2.05) is 13.8 Å². The molecule has 0 aliphatic carbocycles. The van der Waals surface area contributed by atoms with Crippen LogP contribution in [0.25, 0.3) is 0 Å². The Morgan fingerprint density at radius 2 is 2.04 bits per heavy atom. The molecule has 0 fully saturated rings. The van der Waals surface area contributed by atoms with E-state index in [2.05, 4.69) is 22.1 Å². The maximum absolute atomic E-state index is 12.4. The molecule has 2 rings (SSSR count). The maximum Gasteiger partial charge on any atom is 0.257 e. The van der Waals surface area contributed by atoms with Crippen LogP contribution in [0.3, 0.4) is 0 Å². The van der Waals surface area contributed by atoms with E-state index in [1.165, 1.54) is 23.1 Å². The number of thioether (sulfide) groups is 1. The molecule has 6 nitrogen and oxygen atoms in total. The van der Waals surface area contributed by atoms with E-state index in [4.69, 9.17) is 9.47 Å². The smallest absolute Gasteiger partial charge is 0.257 e. The summed E-state index contributed by atoms with van der Waals surface area (Å²) in [6.45, 7) is 8.46. The molecule has 1 aromatic carbocycles. The van der Waals surface area contributed by atoms with Gasteiger partial charge in [-0.15, -0.1) is 16.8 Å². The quantitative estimate of drug-likeness (QED) is 0.413. The molecule has 128 valence electrons. The van der Waals surface area contributed by atoms with E-state index in [0.717, 1.165) is 10.1 Å². The largest absolute Gasteiger partial charge is 0.490 e. The van der Waals surface area contributed by atoms with Crippen molar-refractivity contribution in [3.8, 4) is 11.5 Å². The average molecular weight is 365 g/mol. The molecule has 8 heteroatoms. The monoisotopic (exact) mass is 365 g/mol. The van der Waals surface area contributed by atoms with Crippen LogP contribution in [-0.4, -0.2) is 35.1 Å². The minimum atomic E-state index is -0.268. The third-order valence-electron chi connectivity index (χ3n) is 2.76. The lowest BCUT2D eigenvalue weighted by Gasteiger charge is -2.12. The second-order valence-electron chi connectivity index (χ2n) is 4.45. The third kappa shape index (κ3) is 4.97. The summed E-state index contributed by atoms with van der Waals surface area (Å²) in [7, 11) is 0. The molecule has 2 aromatic rings. The Morgan fingerprint density at radius 3 is 2.75 bits per heavy atom. The molecule has 1 heterocycles. The number of aromatic nitrogens is 2. The Balaban J connectivity index is 2.09. The van der Waals surface area contributed by atoms with Crippen LogP contribution in [0.4, 0.5) is 5.13 Å². The number of carbonyl (C=O) groups is 1. The zero-order valence-electron chi connectivity index (χ0n) is 13.6. The standard InChI is InChI=1S/C16H19N3O3S2/c1-4-9-23-16-19-18-15(24-16)17-14(20)11-7-8-12(21-5-2)13(10-11)22-6-3/h4,7-8,10H,1,5-6,9H2,2-3H3,(H,17,18,20). The van der Waals surface area contributed by atoms with Gasteiger partial charge in [0, 0.05) is 11.3 Å². The Morgan fingerprint density at radius 1 is 1.29 bits per heavy atom. The van der Waals surface area contributed by atoms with E-state index in [1.54, 1.807) is 24.3 Å². The highest BCUT2D eigenvalue weighted by Gasteiger charge is 2.14. The Hall–Kier alpha value is -2.06. The molecule has 0 aliphatic rings. The van der Waals surface area contributed by atoms with Gasteiger partial charge < -0.3 is 9.47 Å². The molecular formula is C16H19N3O3S2. The topological polar surface area (TPSA) is 73.3 Å². The lowest BCUT2D eigenvalue weighted by molar-refractivity contribution is 0.102. The van der Waals surface area contributed by atoms with E-state index >= 15 is 0 Å². The molecule has 1 aromatic heterocycles. The molecule has 0 spiro atoms. The summed E-state index contributed by atoms with van der Waals surface area (Å²) >= 11 is 2.85. The summed E-state index contributed by atoms with van der Waals surface area (Å²) in [4.78, 5) is 12.4. The van der Waals surface area contributed by atoms with E-state index < -0.39 is 0 Å². The number of nitrogens with zero attached hydrogens (tertiary/aromatic N) is 2. The molecule has 0 bridgehead atoms. The van der Waals surface area contributed by atoms with Gasteiger partial charge in [-0.3, -0.25) is 10.1 Å². The van der Waals surface area contributed by atoms with Crippen molar-refractivity contribution in [1.82, 2.24) is 10.2 Å². The van der Waals surface area contributed by atoms with Crippen LogP contribution in [0.5, 0.6) is 11.5 Å². The van der Waals surface area contributed by atoms with Crippen molar-refractivity contribution in [2.24, 2.45) is 0 Å². The summed E-state index contributed by atoms with van der Waals surface area (Å²) in [5.74, 6) is 1.65. The van der Waals surface area contributed by atoms with Crippen molar-refractivity contribution < 1.29 is 14.3 Å². The lowest BCUT2D eigenvalue weighted by Crippen LogP contribution is -2.12. The highest BCUT2D eigenvalue weighted by Crippen LogP contribution is 2.30. The van der Waals surface area contributed by atoms with Gasteiger partial charge in [0.1, 0.15) is 0 Å². The summed E-state index contributed by atoms with van der Waals surface area (Å²) in [5, 5.41) is 11.2.